The fourth-order valence-corrected chi connectivity index (χ4v) is 2.39. The lowest BCUT2D eigenvalue weighted by atomic mass is 9.84. The Hall–Kier alpha value is -1.49. The van der Waals surface area contributed by atoms with E-state index in [4.69, 9.17) is 0 Å². The van der Waals surface area contributed by atoms with Gasteiger partial charge in [0.1, 0.15) is 5.82 Å². The van der Waals surface area contributed by atoms with Crippen molar-refractivity contribution in [3.8, 4) is 0 Å². The van der Waals surface area contributed by atoms with Gasteiger partial charge in [-0.25, -0.2) is 14.8 Å². The van der Waals surface area contributed by atoms with E-state index in [0.29, 0.717) is 12.5 Å². The Morgan fingerprint density at radius 3 is 2.82 bits per heavy atom. The average molecular weight is 233 g/mol. The lowest BCUT2D eigenvalue weighted by Gasteiger charge is -2.26. The van der Waals surface area contributed by atoms with Crippen LogP contribution in [0, 0.1) is 0 Å². The molecule has 5 nitrogen and oxygen atoms in total. The van der Waals surface area contributed by atoms with Crippen LogP contribution in [0.15, 0.2) is 0 Å². The van der Waals surface area contributed by atoms with Crippen LogP contribution in [0.4, 0.5) is 0 Å². The van der Waals surface area contributed by atoms with Gasteiger partial charge in [-0.2, -0.15) is 0 Å². The molecule has 2 heterocycles. The summed E-state index contributed by atoms with van der Waals surface area (Å²) in [4.78, 5) is 20.1. The first-order chi connectivity index (χ1) is 8.25. The summed E-state index contributed by atoms with van der Waals surface area (Å²) in [6, 6.07) is 0. The fourth-order valence-electron chi connectivity index (χ4n) is 2.39. The van der Waals surface area contributed by atoms with E-state index >= 15 is 0 Å². The van der Waals surface area contributed by atoms with Gasteiger partial charge >= 0.3 is 5.97 Å². The second kappa shape index (κ2) is 4.07. The summed E-state index contributed by atoms with van der Waals surface area (Å²) in [7, 11) is 0. The first-order valence-corrected chi connectivity index (χ1v) is 6.09. The quantitative estimate of drug-likeness (QED) is 0.799. The van der Waals surface area contributed by atoms with Crippen LogP contribution in [0.2, 0.25) is 0 Å². The zero-order valence-electron chi connectivity index (χ0n) is 9.57. The van der Waals surface area contributed by atoms with E-state index in [1.54, 1.807) is 0 Å². The highest BCUT2D eigenvalue weighted by Crippen LogP contribution is 2.35. The normalized spacial score (nSPS) is 19.5. The summed E-state index contributed by atoms with van der Waals surface area (Å²) in [5.41, 5.74) is 1.90. The van der Waals surface area contributed by atoms with Gasteiger partial charge in [0.25, 0.3) is 0 Å². The van der Waals surface area contributed by atoms with Gasteiger partial charge < -0.3 is 10.4 Å². The van der Waals surface area contributed by atoms with Gasteiger partial charge in [-0.1, -0.05) is 6.42 Å². The molecule has 17 heavy (non-hydrogen) atoms. The molecular weight excluding hydrogens is 218 g/mol. The standard InChI is InChI=1S/C12H15N3O2/c16-12(17)10-8-6-13-5-4-9(8)14-11(15-10)7-2-1-3-7/h7,13H,1-6H2,(H,16,17). The molecule has 1 aromatic heterocycles. The predicted octanol–water partition coefficient (Wildman–Crippen LogP) is 1.09. The molecule has 0 aromatic carbocycles. The van der Waals surface area contributed by atoms with Gasteiger partial charge in [0, 0.05) is 31.0 Å². The lowest BCUT2D eigenvalue weighted by molar-refractivity contribution is 0.0687. The first kappa shape index (κ1) is 10.7. The minimum atomic E-state index is -0.937. The van der Waals surface area contributed by atoms with Crippen LogP contribution in [0.5, 0.6) is 0 Å². The largest absolute Gasteiger partial charge is 0.476 e. The van der Waals surface area contributed by atoms with Crippen molar-refractivity contribution in [3.05, 3.63) is 22.8 Å². The van der Waals surface area contributed by atoms with Gasteiger partial charge in [-0.3, -0.25) is 0 Å². The molecule has 0 unspecified atom stereocenters. The molecule has 2 aliphatic rings. The molecule has 2 N–H and O–H groups in total. The second-order valence-corrected chi connectivity index (χ2v) is 4.72. The van der Waals surface area contributed by atoms with Gasteiger partial charge in [0.05, 0.1) is 5.69 Å². The van der Waals surface area contributed by atoms with Crippen LogP contribution in [0.3, 0.4) is 0 Å². The smallest absolute Gasteiger partial charge is 0.354 e. The summed E-state index contributed by atoms with van der Waals surface area (Å²) >= 11 is 0. The predicted molar refractivity (Wildman–Crippen MR) is 61.0 cm³/mol. The van der Waals surface area contributed by atoms with Crippen molar-refractivity contribution in [2.45, 2.75) is 38.1 Å². The number of fused-ring (bicyclic) bond motifs is 1. The zero-order valence-corrected chi connectivity index (χ0v) is 9.57. The number of hydrogen-bond acceptors (Lipinski definition) is 4. The minimum Gasteiger partial charge on any atom is -0.476 e. The topological polar surface area (TPSA) is 75.1 Å². The summed E-state index contributed by atoms with van der Waals surface area (Å²) in [6.07, 6.45) is 4.19. The number of nitrogens with one attached hydrogen (secondary N) is 1. The highest BCUT2D eigenvalue weighted by atomic mass is 16.4. The maximum absolute atomic E-state index is 11.2. The Morgan fingerprint density at radius 2 is 2.18 bits per heavy atom. The molecule has 90 valence electrons. The number of carbonyl (C=O) groups is 1. The summed E-state index contributed by atoms with van der Waals surface area (Å²) in [5, 5.41) is 12.4. The molecule has 0 spiro atoms. The fraction of sp³-hybridized carbons (Fsp3) is 0.583. The molecule has 1 aliphatic carbocycles. The zero-order chi connectivity index (χ0) is 11.8. The molecule has 5 heteroatoms. The maximum Gasteiger partial charge on any atom is 0.354 e. The third kappa shape index (κ3) is 1.80. The number of carboxylic acid groups (broad SMARTS) is 1. The molecule has 1 fully saturated rings. The van der Waals surface area contributed by atoms with E-state index in [2.05, 4.69) is 15.3 Å². The molecule has 0 bridgehead atoms. The van der Waals surface area contributed by atoms with Crippen molar-refractivity contribution in [1.82, 2.24) is 15.3 Å². The van der Waals surface area contributed by atoms with E-state index in [-0.39, 0.29) is 5.69 Å². The van der Waals surface area contributed by atoms with Crippen molar-refractivity contribution >= 4 is 5.97 Å². The Morgan fingerprint density at radius 1 is 1.35 bits per heavy atom. The van der Waals surface area contributed by atoms with E-state index in [0.717, 1.165) is 42.9 Å². The molecule has 1 aromatic rings. The number of hydrogen-bond donors (Lipinski definition) is 2. The third-order valence-electron chi connectivity index (χ3n) is 3.62. The number of rotatable bonds is 2. The maximum atomic E-state index is 11.2. The molecule has 1 saturated carbocycles. The molecule has 0 atom stereocenters. The molecule has 1 aliphatic heterocycles. The van der Waals surface area contributed by atoms with Crippen LogP contribution in [0.25, 0.3) is 0 Å². The second-order valence-electron chi connectivity index (χ2n) is 4.72. The molecular formula is C12H15N3O2. The van der Waals surface area contributed by atoms with Crippen molar-refractivity contribution in [2.24, 2.45) is 0 Å². The summed E-state index contributed by atoms with van der Waals surface area (Å²) < 4.78 is 0. The van der Waals surface area contributed by atoms with Crippen LogP contribution >= 0.6 is 0 Å². The lowest BCUT2D eigenvalue weighted by Crippen LogP contribution is -2.29. The van der Waals surface area contributed by atoms with Crippen LogP contribution < -0.4 is 5.32 Å². The van der Waals surface area contributed by atoms with Gasteiger partial charge in [0.15, 0.2) is 5.69 Å². The van der Waals surface area contributed by atoms with Gasteiger partial charge in [0.2, 0.25) is 0 Å². The Kier molecular flexibility index (Phi) is 2.55. The van der Waals surface area contributed by atoms with Crippen LogP contribution in [-0.2, 0) is 13.0 Å². The van der Waals surface area contributed by atoms with Crippen molar-refractivity contribution < 1.29 is 9.90 Å². The molecule has 0 amide bonds. The van der Waals surface area contributed by atoms with E-state index in [9.17, 15) is 9.90 Å². The van der Waals surface area contributed by atoms with Gasteiger partial charge in [-0.05, 0) is 12.8 Å². The Labute approximate surface area is 99.3 Å². The molecule has 0 radical (unpaired) electrons. The van der Waals surface area contributed by atoms with E-state index in [1.165, 1.54) is 6.42 Å². The van der Waals surface area contributed by atoms with E-state index in [1.807, 2.05) is 0 Å². The minimum absolute atomic E-state index is 0.198. The summed E-state index contributed by atoms with van der Waals surface area (Å²) in [6.45, 7) is 1.44. The third-order valence-corrected chi connectivity index (χ3v) is 3.62. The molecule has 3 rings (SSSR count). The molecule has 0 saturated heterocycles. The number of aromatic carboxylic acids is 1. The highest BCUT2D eigenvalue weighted by molar-refractivity contribution is 5.87. The Bertz CT molecular complexity index is 469. The average Bonchev–Trinajstić information content (AvgIpc) is 2.25. The van der Waals surface area contributed by atoms with Crippen molar-refractivity contribution in [3.63, 3.8) is 0 Å². The van der Waals surface area contributed by atoms with Crippen molar-refractivity contribution in [2.75, 3.05) is 6.54 Å². The van der Waals surface area contributed by atoms with Crippen molar-refractivity contribution in [1.29, 1.82) is 0 Å². The number of aromatic nitrogens is 2. The SMILES string of the molecule is O=C(O)c1nc(C2CCC2)nc2c1CNCC2. The van der Waals surface area contributed by atoms with Crippen LogP contribution in [0.1, 0.15) is 52.8 Å². The Balaban J connectivity index is 2.07. The monoisotopic (exact) mass is 233 g/mol. The summed E-state index contributed by atoms with van der Waals surface area (Å²) in [5.74, 6) is 0.190. The van der Waals surface area contributed by atoms with Gasteiger partial charge in [-0.15, -0.1) is 0 Å². The highest BCUT2D eigenvalue weighted by Gasteiger charge is 2.27. The first-order valence-electron chi connectivity index (χ1n) is 6.09. The van der Waals surface area contributed by atoms with E-state index < -0.39 is 5.97 Å². The number of carboxylic acids is 1. The van der Waals surface area contributed by atoms with Crippen LogP contribution in [-0.4, -0.2) is 27.6 Å². The number of nitrogens with zero attached hydrogens (tertiary/aromatic N) is 2.